The molecule has 0 bridgehead atoms. The Labute approximate surface area is 165 Å². The van der Waals surface area contributed by atoms with Gasteiger partial charge >= 0.3 is 0 Å². The van der Waals surface area contributed by atoms with Crippen LogP contribution in [0.1, 0.15) is 22.7 Å². The number of anilines is 1. The van der Waals surface area contributed by atoms with E-state index < -0.39 is 16.1 Å². The number of hydrogen-bond donors (Lipinski definition) is 0. The smallest absolute Gasteiger partial charge is 0.265 e. The van der Waals surface area contributed by atoms with Gasteiger partial charge in [-0.3, -0.25) is 4.31 Å². The molecule has 3 aromatic carbocycles. The first-order valence-electron chi connectivity index (χ1n) is 9.03. The highest BCUT2D eigenvalue weighted by Gasteiger charge is 2.34. The fourth-order valence-corrected chi connectivity index (χ4v) is 5.03. The number of aryl methyl sites for hydroxylation is 1. The molecular weight excluding hydrogens is 370 g/mol. The van der Waals surface area contributed by atoms with E-state index in [-0.39, 0.29) is 4.90 Å². The molecule has 28 heavy (non-hydrogen) atoms. The van der Waals surface area contributed by atoms with E-state index in [1.54, 1.807) is 19.2 Å². The Morgan fingerprint density at radius 1 is 0.893 bits per heavy atom. The molecule has 1 aliphatic rings. The van der Waals surface area contributed by atoms with Gasteiger partial charge in [-0.2, -0.15) is 0 Å². The molecule has 0 radical (unpaired) electrons. The van der Waals surface area contributed by atoms with E-state index in [4.69, 9.17) is 4.74 Å². The maximum absolute atomic E-state index is 13.6. The summed E-state index contributed by atoms with van der Waals surface area (Å²) in [5.74, 6) is 0.733. The monoisotopic (exact) mass is 391 g/mol. The van der Waals surface area contributed by atoms with Crippen molar-refractivity contribution < 1.29 is 13.2 Å². The highest BCUT2D eigenvalue weighted by molar-refractivity contribution is 7.92. The van der Waals surface area contributed by atoms with Crippen molar-refractivity contribution in [3.8, 4) is 5.75 Å². The highest BCUT2D eigenvalue weighted by atomic mass is 32.2. The molecule has 5 heteroatoms. The second kappa shape index (κ2) is 7.17. The van der Waals surface area contributed by atoms with Crippen LogP contribution in [0, 0.1) is 6.92 Å². The number of benzene rings is 3. The van der Waals surface area contributed by atoms with Crippen LogP contribution in [0.15, 0.2) is 83.8 Å². The zero-order valence-corrected chi connectivity index (χ0v) is 16.6. The molecule has 0 saturated carbocycles. The van der Waals surface area contributed by atoms with Crippen LogP contribution < -0.4 is 9.04 Å². The minimum absolute atomic E-state index is 0.279. The molecule has 4 nitrogen and oxygen atoms in total. The van der Waals surface area contributed by atoms with Crippen LogP contribution in [0.25, 0.3) is 6.08 Å². The van der Waals surface area contributed by atoms with Gasteiger partial charge in [0.1, 0.15) is 5.75 Å². The lowest BCUT2D eigenvalue weighted by atomic mass is 10.00. The van der Waals surface area contributed by atoms with Crippen LogP contribution in [0.3, 0.4) is 0 Å². The summed E-state index contributed by atoms with van der Waals surface area (Å²) < 4.78 is 34.0. The van der Waals surface area contributed by atoms with Crippen LogP contribution in [0.4, 0.5) is 5.69 Å². The summed E-state index contributed by atoms with van der Waals surface area (Å²) in [4.78, 5) is 0.279. The molecule has 0 fully saturated rings. The van der Waals surface area contributed by atoms with Gasteiger partial charge in [0.15, 0.2) is 0 Å². The Balaban J connectivity index is 1.87. The summed E-state index contributed by atoms with van der Waals surface area (Å²) in [7, 11) is -2.14. The summed E-state index contributed by atoms with van der Waals surface area (Å²) in [6, 6.07) is 21.6. The van der Waals surface area contributed by atoms with Gasteiger partial charge in [0.2, 0.25) is 0 Å². The molecule has 0 N–H and O–H groups in total. The molecule has 0 aliphatic carbocycles. The van der Waals surface area contributed by atoms with Crippen molar-refractivity contribution in [1.29, 1.82) is 0 Å². The SMILES string of the molecule is COc1ccc(C2C=Cc3ccccc3N2S(=O)(=O)c2ccc(C)cc2)cc1. The average molecular weight is 391 g/mol. The van der Waals surface area contributed by atoms with Gasteiger partial charge in [0, 0.05) is 0 Å². The molecule has 4 rings (SSSR count). The number of hydrogen-bond acceptors (Lipinski definition) is 3. The zero-order valence-electron chi connectivity index (χ0n) is 15.7. The Hall–Kier alpha value is -3.05. The van der Waals surface area contributed by atoms with Crippen LogP contribution in [0.5, 0.6) is 5.75 Å². The number of methoxy groups -OCH3 is 1. The van der Waals surface area contributed by atoms with Crippen LogP contribution in [0.2, 0.25) is 0 Å². The molecule has 142 valence electrons. The summed E-state index contributed by atoms with van der Waals surface area (Å²) in [5.41, 5.74) is 3.45. The van der Waals surface area contributed by atoms with E-state index in [2.05, 4.69) is 0 Å². The lowest BCUT2D eigenvalue weighted by molar-refractivity contribution is 0.414. The van der Waals surface area contributed by atoms with Gasteiger partial charge in [0.25, 0.3) is 10.0 Å². The topological polar surface area (TPSA) is 46.6 Å². The molecule has 1 atom stereocenters. The van der Waals surface area contributed by atoms with E-state index in [0.29, 0.717) is 5.69 Å². The average Bonchev–Trinajstić information content (AvgIpc) is 2.73. The fourth-order valence-electron chi connectivity index (χ4n) is 3.40. The van der Waals surface area contributed by atoms with Crippen LogP contribution in [-0.2, 0) is 10.0 Å². The molecule has 3 aromatic rings. The molecule has 1 heterocycles. The van der Waals surface area contributed by atoms with Gasteiger partial charge in [-0.25, -0.2) is 8.42 Å². The fraction of sp³-hybridized carbons (Fsp3) is 0.130. The van der Waals surface area contributed by atoms with Crippen molar-refractivity contribution >= 4 is 21.8 Å². The third-order valence-corrected chi connectivity index (χ3v) is 6.73. The number of rotatable bonds is 4. The van der Waals surface area contributed by atoms with E-state index >= 15 is 0 Å². The predicted octanol–water partition coefficient (Wildman–Crippen LogP) is 4.97. The molecular formula is C23H21NO3S. The van der Waals surface area contributed by atoms with E-state index in [1.165, 1.54) is 4.31 Å². The summed E-state index contributed by atoms with van der Waals surface area (Å²) in [6.07, 6.45) is 3.90. The second-order valence-corrected chi connectivity index (χ2v) is 8.56. The van der Waals surface area contributed by atoms with Crippen molar-refractivity contribution in [3.63, 3.8) is 0 Å². The third-order valence-electron chi connectivity index (χ3n) is 4.92. The minimum Gasteiger partial charge on any atom is -0.497 e. The lowest BCUT2D eigenvalue weighted by Gasteiger charge is -2.35. The molecule has 0 aromatic heterocycles. The standard InChI is InChI=1S/C23H21NO3S/c1-17-7-14-21(15-8-17)28(25,26)24-22-6-4-3-5-18(22)11-16-23(24)19-9-12-20(27-2)13-10-19/h3-16,23H,1-2H3. The molecule has 1 unspecified atom stereocenters. The highest BCUT2D eigenvalue weighted by Crippen LogP contribution is 2.40. The lowest BCUT2D eigenvalue weighted by Crippen LogP contribution is -2.36. The first kappa shape index (κ1) is 18.3. The Bertz CT molecular complexity index is 1120. The largest absolute Gasteiger partial charge is 0.497 e. The van der Waals surface area contributed by atoms with Crippen molar-refractivity contribution in [1.82, 2.24) is 0 Å². The predicted molar refractivity (Wildman–Crippen MR) is 112 cm³/mol. The van der Waals surface area contributed by atoms with E-state index in [0.717, 1.165) is 22.4 Å². The van der Waals surface area contributed by atoms with E-state index in [1.807, 2.05) is 79.7 Å². The number of fused-ring (bicyclic) bond motifs is 1. The first-order chi connectivity index (χ1) is 13.5. The molecule has 0 saturated heterocycles. The minimum atomic E-state index is -3.75. The Kier molecular flexibility index (Phi) is 4.69. The zero-order chi connectivity index (χ0) is 19.7. The number of para-hydroxylation sites is 1. The maximum Gasteiger partial charge on any atom is 0.265 e. The molecule has 0 spiro atoms. The van der Waals surface area contributed by atoms with Crippen LogP contribution >= 0.6 is 0 Å². The second-order valence-electron chi connectivity index (χ2n) is 6.75. The van der Waals surface area contributed by atoms with Gasteiger partial charge < -0.3 is 4.74 Å². The maximum atomic E-state index is 13.6. The van der Waals surface area contributed by atoms with Gasteiger partial charge in [-0.15, -0.1) is 0 Å². The van der Waals surface area contributed by atoms with Crippen LogP contribution in [-0.4, -0.2) is 15.5 Å². The summed E-state index contributed by atoms with van der Waals surface area (Å²) >= 11 is 0. The number of sulfonamides is 1. The normalized spacial score (nSPS) is 15.9. The van der Waals surface area contributed by atoms with Crippen molar-refractivity contribution in [2.75, 3.05) is 11.4 Å². The Morgan fingerprint density at radius 3 is 2.25 bits per heavy atom. The van der Waals surface area contributed by atoms with Gasteiger partial charge in [-0.1, -0.05) is 60.2 Å². The van der Waals surface area contributed by atoms with E-state index in [9.17, 15) is 8.42 Å². The quantitative estimate of drug-likeness (QED) is 0.631. The molecule has 1 aliphatic heterocycles. The van der Waals surface area contributed by atoms with Gasteiger partial charge in [0.05, 0.1) is 23.7 Å². The first-order valence-corrected chi connectivity index (χ1v) is 10.5. The summed E-state index contributed by atoms with van der Waals surface area (Å²) in [5, 5.41) is 0. The Morgan fingerprint density at radius 2 is 1.57 bits per heavy atom. The number of ether oxygens (including phenoxy) is 1. The summed E-state index contributed by atoms with van der Waals surface area (Å²) in [6.45, 7) is 1.94. The third kappa shape index (κ3) is 3.18. The van der Waals surface area contributed by atoms with Crippen molar-refractivity contribution in [2.24, 2.45) is 0 Å². The van der Waals surface area contributed by atoms with Crippen molar-refractivity contribution in [3.05, 3.63) is 95.6 Å². The van der Waals surface area contributed by atoms with Gasteiger partial charge in [-0.05, 0) is 48.4 Å². The number of nitrogens with zero attached hydrogens (tertiary/aromatic N) is 1. The van der Waals surface area contributed by atoms with Crippen molar-refractivity contribution in [2.45, 2.75) is 17.9 Å². The molecule has 0 amide bonds.